The summed E-state index contributed by atoms with van der Waals surface area (Å²) in [6, 6.07) is 9.06. The van der Waals surface area contributed by atoms with E-state index in [1.54, 1.807) is 19.1 Å². The highest BCUT2D eigenvalue weighted by atomic mass is 16.7. The maximum atomic E-state index is 12.2. The Balaban J connectivity index is 2.23. The summed E-state index contributed by atoms with van der Waals surface area (Å²) >= 11 is 0. The van der Waals surface area contributed by atoms with Gasteiger partial charge in [-0.2, -0.15) is 0 Å². The normalized spacial score (nSPS) is 12.1. The second kappa shape index (κ2) is 5.39. The first-order valence-electron chi connectivity index (χ1n) is 5.75. The van der Waals surface area contributed by atoms with Gasteiger partial charge >= 0.3 is 0 Å². The number of aromatic nitrogens is 4. The molecule has 0 aliphatic heterocycles. The molecule has 0 amide bonds. The molecule has 0 saturated carbocycles. The Kier molecular flexibility index (Phi) is 3.66. The highest BCUT2D eigenvalue weighted by molar-refractivity contribution is 6.00. The fourth-order valence-electron chi connectivity index (χ4n) is 1.62. The van der Waals surface area contributed by atoms with Crippen molar-refractivity contribution < 1.29 is 9.63 Å². The molecule has 1 unspecified atom stereocenters. The molecule has 0 bridgehead atoms. The summed E-state index contributed by atoms with van der Waals surface area (Å²) in [6.45, 7) is 4.02. The zero-order valence-corrected chi connectivity index (χ0v) is 10.3. The van der Waals surface area contributed by atoms with Crippen LogP contribution in [0.2, 0.25) is 0 Å². The van der Waals surface area contributed by atoms with Gasteiger partial charge in [-0.15, -0.1) is 5.10 Å². The molecule has 1 aromatic heterocycles. The number of nitrogens with zero attached hydrogens (tertiary/aromatic N) is 4. The van der Waals surface area contributed by atoms with E-state index < -0.39 is 5.92 Å². The highest BCUT2D eigenvalue weighted by Gasteiger charge is 2.23. The molecule has 6 heteroatoms. The molecule has 2 aromatic rings. The topological polar surface area (TPSA) is 69.9 Å². The molecule has 1 heterocycles. The van der Waals surface area contributed by atoms with Gasteiger partial charge in [0.15, 0.2) is 5.78 Å². The van der Waals surface area contributed by atoms with Crippen molar-refractivity contribution in [3.05, 3.63) is 41.7 Å². The molecular formula is C12H14N4O2. The van der Waals surface area contributed by atoms with Crippen LogP contribution in [0, 0.1) is 0 Å². The van der Waals surface area contributed by atoms with Crippen LogP contribution in [0.5, 0.6) is 0 Å². The van der Waals surface area contributed by atoms with E-state index in [1.807, 2.05) is 25.1 Å². The van der Waals surface area contributed by atoms with Gasteiger partial charge in [0.05, 0.1) is 5.92 Å². The fourth-order valence-corrected chi connectivity index (χ4v) is 1.62. The molecule has 18 heavy (non-hydrogen) atoms. The van der Waals surface area contributed by atoms with Crippen molar-refractivity contribution in [2.75, 3.05) is 6.61 Å². The van der Waals surface area contributed by atoms with Crippen LogP contribution in [-0.4, -0.2) is 32.8 Å². The minimum Gasteiger partial charge on any atom is -0.394 e. The zero-order chi connectivity index (χ0) is 13.0. The van der Waals surface area contributed by atoms with Gasteiger partial charge in [0.1, 0.15) is 6.61 Å². The SMILES string of the molecule is CCOn1nnnc1C(C)C(=O)c1ccccc1. The van der Waals surface area contributed by atoms with Crippen molar-refractivity contribution >= 4 is 5.78 Å². The number of hydrogen-bond donors (Lipinski definition) is 0. The summed E-state index contributed by atoms with van der Waals surface area (Å²) in [5.41, 5.74) is 0.635. The van der Waals surface area contributed by atoms with Gasteiger partial charge in [-0.05, 0) is 24.3 Å². The smallest absolute Gasteiger partial charge is 0.202 e. The summed E-state index contributed by atoms with van der Waals surface area (Å²) in [7, 11) is 0. The summed E-state index contributed by atoms with van der Waals surface area (Å²) < 4.78 is 0. The number of hydrogen-bond acceptors (Lipinski definition) is 5. The lowest BCUT2D eigenvalue weighted by molar-refractivity contribution is 0.0747. The van der Waals surface area contributed by atoms with Crippen LogP contribution in [0.15, 0.2) is 30.3 Å². The van der Waals surface area contributed by atoms with Crippen LogP contribution in [0.4, 0.5) is 0 Å². The number of benzene rings is 1. The van der Waals surface area contributed by atoms with Crippen LogP contribution in [0.25, 0.3) is 0 Å². The van der Waals surface area contributed by atoms with E-state index in [0.717, 1.165) is 0 Å². The molecule has 0 radical (unpaired) electrons. The highest BCUT2D eigenvalue weighted by Crippen LogP contribution is 2.17. The fraction of sp³-hybridized carbons (Fsp3) is 0.333. The van der Waals surface area contributed by atoms with Crippen LogP contribution in [0.3, 0.4) is 0 Å². The van der Waals surface area contributed by atoms with Crippen molar-refractivity contribution in [1.82, 2.24) is 20.4 Å². The van der Waals surface area contributed by atoms with Crippen molar-refractivity contribution in [3.63, 3.8) is 0 Å². The van der Waals surface area contributed by atoms with Crippen LogP contribution in [-0.2, 0) is 0 Å². The van der Waals surface area contributed by atoms with E-state index in [9.17, 15) is 4.79 Å². The second-order valence-corrected chi connectivity index (χ2v) is 3.78. The summed E-state index contributed by atoms with van der Waals surface area (Å²) in [5, 5.41) is 11.0. The minimum absolute atomic E-state index is 0.0358. The molecule has 1 atom stereocenters. The average molecular weight is 246 g/mol. The van der Waals surface area contributed by atoms with E-state index in [4.69, 9.17) is 4.84 Å². The van der Waals surface area contributed by atoms with Crippen LogP contribution >= 0.6 is 0 Å². The molecule has 2 rings (SSSR count). The summed E-state index contributed by atoms with van der Waals surface area (Å²) in [5.74, 6) is -0.0778. The first-order chi connectivity index (χ1) is 8.74. The first-order valence-corrected chi connectivity index (χ1v) is 5.75. The van der Waals surface area contributed by atoms with E-state index in [-0.39, 0.29) is 5.78 Å². The van der Waals surface area contributed by atoms with Crippen molar-refractivity contribution in [1.29, 1.82) is 0 Å². The van der Waals surface area contributed by atoms with E-state index >= 15 is 0 Å². The molecule has 94 valence electrons. The van der Waals surface area contributed by atoms with E-state index in [2.05, 4.69) is 15.5 Å². The number of rotatable bonds is 5. The molecule has 0 aliphatic carbocycles. The maximum Gasteiger partial charge on any atom is 0.202 e. The predicted molar refractivity (Wildman–Crippen MR) is 64.1 cm³/mol. The quantitative estimate of drug-likeness (QED) is 0.739. The average Bonchev–Trinajstić information content (AvgIpc) is 2.87. The van der Waals surface area contributed by atoms with Gasteiger partial charge in [-0.3, -0.25) is 4.79 Å². The monoisotopic (exact) mass is 246 g/mol. The number of carbonyl (C=O) groups excluding carboxylic acids is 1. The number of tetrazole rings is 1. The molecule has 1 aromatic carbocycles. The lowest BCUT2D eigenvalue weighted by atomic mass is 9.99. The number of carbonyl (C=O) groups is 1. The van der Waals surface area contributed by atoms with Gasteiger partial charge in [-0.1, -0.05) is 35.2 Å². The summed E-state index contributed by atoms with van der Waals surface area (Å²) in [6.07, 6.45) is 0. The number of Topliss-reactive ketones (excluding diaryl/α,β-unsaturated/α-hetero) is 1. The third-order valence-electron chi connectivity index (χ3n) is 2.55. The first kappa shape index (κ1) is 12.2. The molecule has 0 spiro atoms. The lowest BCUT2D eigenvalue weighted by Crippen LogP contribution is -2.21. The molecule has 0 aliphatic rings. The Morgan fingerprint density at radius 1 is 1.39 bits per heavy atom. The predicted octanol–water partition coefficient (Wildman–Crippen LogP) is 1.11. The Morgan fingerprint density at radius 3 is 2.78 bits per heavy atom. The second-order valence-electron chi connectivity index (χ2n) is 3.78. The molecule has 0 fully saturated rings. The van der Waals surface area contributed by atoms with Gasteiger partial charge in [0, 0.05) is 5.56 Å². The zero-order valence-electron chi connectivity index (χ0n) is 10.3. The van der Waals surface area contributed by atoms with Crippen molar-refractivity contribution in [2.45, 2.75) is 19.8 Å². The van der Waals surface area contributed by atoms with Crippen LogP contribution in [0.1, 0.15) is 35.9 Å². The van der Waals surface area contributed by atoms with Gasteiger partial charge in [0.25, 0.3) is 0 Å². The Bertz CT molecular complexity index is 524. The molecular weight excluding hydrogens is 232 g/mol. The van der Waals surface area contributed by atoms with Crippen molar-refractivity contribution in [3.8, 4) is 0 Å². The minimum atomic E-state index is -0.450. The van der Waals surface area contributed by atoms with Crippen LogP contribution < -0.4 is 4.84 Å². The Morgan fingerprint density at radius 2 is 2.11 bits per heavy atom. The Hall–Kier alpha value is -2.24. The third kappa shape index (κ3) is 2.37. The Labute approximate surface area is 105 Å². The third-order valence-corrected chi connectivity index (χ3v) is 2.55. The van der Waals surface area contributed by atoms with Crippen molar-refractivity contribution in [2.24, 2.45) is 0 Å². The largest absolute Gasteiger partial charge is 0.394 e. The van der Waals surface area contributed by atoms with Gasteiger partial charge in [0.2, 0.25) is 5.82 Å². The van der Waals surface area contributed by atoms with E-state index in [1.165, 1.54) is 4.85 Å². The molecule has 0 N–H and O–H groups in total. The maximum absolute atomic E-state index is 12.2. The molecule has 0 saturated heterocycles. The standard InChI is InChI=1S/C12H14N4O2/c1-3-18-16-12(13-14-15-16)9(2)11(17)10-7-5-4-6-8-10/h4-9H,3H2,1-2H3. The van der Waals surface area contributed by atoms with Gasteiger partial charge < -0.3 is 4.84 Å². The van der Waals surface area contributed by atoms with E-state index in [0.29, 0.717) is 18.0 Å². The van der Waals surface area contributed by atoms with Gasteiger partial charge in [-0.25, -0.2) is 0 Å². The lowest BCUT2D eigenvalue weighted by Gasteiger charge is -2.10. The summed E-state index contributed by atoms with van der Waals surface area (Å²) in [4.78, 5) is 18.6. The number of ketones is 1. The molecule has 6 nitrogen and oxygen atoms in total.